The maximum absolute atomic E-state index is 14.0. The maximum Gasteiger partial charge on any atom is 0.426 e. The van der Waals surface area contributed by atoms with E-state index >= 15 is 0 Å². The first-order valence-electron chi connectivity index (χ1n) is 12.3. The number of pyridine rings is 1. The van der Waals surface area contributed by atoms with Crippen molar-refractivity contribution >= 4 is 17.9 Å². The SMILES string of the molecule is C=C[C@H](C)NC(=O)c1c(OCCCC)c(=O)c(C(=O)NCc2ccc(F)cc2F)cn1NC(=O)OC(C)(C)C. The van der Waals surface area contributed by atoms with E-state index in [0.29, 0.717) is 18.9 Å². The molecule has 39 heavy (non-hydrogen) atoms. The second kappa shape index (κ2) is 13.5. The summed E-state index contributed by atoms with van der Waals surface area (Å²) in [5, 5.41) is 5.00. The molecule has 0 saturated carbocycles. The topological polar surface area (TPSA) is 128 Å². The fraction of sp³-hybridized carbons (Fsp3) is 0.407. The molecule has 1 heterocycles. The molecule has 12 heteroatoms. The van der Waals surface area contributed by atoms with Crippen LogP contribution in [0.15, 0.2) is 41.8 Å². The van der Waals surface area contributed by atoms with Crippen molar-refractivity contribution in [2.45, 2.75) is 65.6 Å². The van der Waals surface area contributed by atoms with Gasteiger partial charge in [0.25, 0.3) is 11.8 Å². The molecule has 0 aliphatic heterocycles. The van der Waals surface area contributed by atoms with E-state index in [-0.39, 0.29) is 24.4 Å². The Kier molecular flexibility index (Phi) is 10.8. The monoisotopic (exact) mass is 548 g/mol. The Morgan fingerprint density at radius 2 is 1.87 bits per heavy atom. The van der Waals surface area contributed by atoms with Crippen molar-refractivity contribution < 1.29 is 32.6 Å². The fourth-order valence-corrected chi connectivity index (χ4v) is 3.18. The molecule has 0 radical (unpaired) electrons. The molecule has 0 aliphatic carbocycles. The number of unbranched alkanes of at least 4 members (excludes halogenated alkanes) is 1. The highest BCUT2D eigenvalue weighted by Gasteiger charge is 2.28. The largest absolute Gasteiger partial charge is 0.487 e. The maximum atomic E-state index is 14.0. The van der Waals surface area contributed by atoms with Gasteiger partial charge in [-0.25, -0.2) is 23.7 Å². The van der Waals surface area contributed by atoms with E-state index in [4.69, 9.17) is 9.47 Å². The lowest BCUT2D eigenvalue weighted by molar-refractivity contribution is 0.0611. The van der Waals surface area contributed by atoms with Gasteiger partial charge in [0.15, 0.2) is 11.4 Å². The van der Waals surface area contributed by atoms with Crippen molar-refractivity contribution in [3.8, 4) is 5.75 Å². The summed E-state index contributed by atoms with van der Waals surface area (Å²) >= 11 is 0. The van der Waals surface area contributed by atoms with Crippen LogP contribution < -0.4 is 26.2 Å². The van der Waals surface area contributed by atoms with E-state index in [0.717, 1.165) is 23.0 Å². The summed E-state index contributed by atoms with van der Waals surface area (Å²) in [6.07, 6.45) is 2.67. The second-order valence-electron chi connectivity index (χ2n) is 9.65. The summed E-state index contributed by atoms with van der Waals surface area (Å²) in [5.41, 5.74) is -0.385. The number of halogens is 2. The molecule has 1 aromatic heterocycles. The van der Waals surface area contributed by atoms with Gasteiger partial charge in [0.1, 0.15) is 22.8 Å². The molecule has 1 aromatic carbocycles. The van der Waals surface area contributed by atoms with Crippen LogP contribution in [0, 0.1) is 11.6 Å². The molecule has 0 fully saturated rings. The highest BCUT2D eigenvalue weighted by atomic mass is 19.1. The average Bonchev–Trinajstić information content (AvgIpc) is 2.83. The third kappa shape index (κ3) is 8.94. The molecule has 3 N–H and O–H groups in total. The highest BCUT2D eigenvalue weighted by molar-refractivity contribution is 5.99. The first kappa shape index (κ1) is 31.0. The molecule has 0 unspecified atom stereocenters. The van der Waals surface area contributed by atoms with Crippen molar-refractivity contribution in [3.63, 3.8) is 0 Å². The smallest absolute Gasteiger partial charge is 0.426 e. The second-order valence-corrected chi connectivity index (χ2v) is 9.65. The predicted molar refractivity (Wildman–Crippen MR) is 141 cm³/mol. The van der Waals surface area contributed by atoms with Gasteiger partial charge in [-0.1, -0.05) is 25.5 Å². The number of carbonyl (C=O) groups is 3. The van der Waals surface area contributed by atoms with E-state index in [1.807, 2.05) is 6.92 Å². The van der Waals surface area contributed by atoms with Crippen molar-refractivity contribution in [3.05, 3.63) is 75.7 Å². The van der Waals surface area contributed by atoms with E-state index in [1.54, 1.807) is 27.7 Å². The Bertz CT molecular complexity index is 1290. The summed E-state index contributed by atoms with van der Waals surface area (Å²) in [4.78, 5) is 52.2. The molecule has 10 nitrogen and oxygen atoms in total. The standard InChI is InChI=1S/C27H34F2N4O6/c1-7-9-12-38-23-21(25(36)31-16(3)8-2)33(32-26(37)39-27(4,5)6)15-19(22(23)34)24(35)30-14-17-10-11-18(28)13-20(17)29/h8,10-11,13,15-16H,2,7,9,12,14H2,1,3-6H3,(H,30,35)(H,31,36)(H,32,37)/t16-/m0/s1. The van der Waals surface area contributed by atoms with Gasteiger partial charge in [0, 0.05) is 30.4 Å². The minimum absolute atomic E-state index is 0.0224. The Morgan fingerprint density at radius 1 is 1.18 bits per heavy atom. The molecule has 212 valence electrons. The molecule has 1 atom stereocenters. The van der Waals surface area contributed by atoms with E-state index in [1.165, 1.54) is 6.08 Å². The molecule has 0 saturated heterocycles. The Morgan fingerprint density at radius 3 is 2.46 bits per heavy atom. The third-order valence-electron chi connectivity index (χ3n) is 5.15. The number of carbonyl (C=O) groups excluding carboxylic acids is 3. The summed E-state index contributed by atoms with van der Waals surface area (Å²) in [6.45, 7) is 11.7. The Hall–Kier alpha value is -4.22. The lowest BCUT2D eigenvalue weighted by Gasteiger charge is -2.23. The number of benzene rings is 1. The zero-order chi connectivity index (χ0) is 29.3. The number of rotatable bonds is 11. The van der Waals surface area contributed by atoms with E-state index in [2.05, 4.69) is 22.6 Å². The first-order chi connectivity index (χ1) is 18.3. The van der Waals surface area contributed by atoms with Crippen molar-refractivity contribution in [2.75, 3.05) is 12.0 Å². The molecule has 0 bridgehead atoms. The number of hydrogen-bond donors (Lipinski definition) is 3. The van der Waals surface area contributed by atoms with Gasteiger partial charge in [0.2, 0.25) is 5.43 Å². The van der Waals surface area contributed by atoms with Crippen LogP contribution >= 0.6 is 0 Å². The summed E-state index contributed by atoms with van der Waals surface area (Å²) in [7, 11) is 0. The van der Waals surface area contributed by atoms with Gasteiger partial charge in [-0.15, -0.1) is 6.58 Å². The normalized spacial score (nSPS) is 11.8. The van der Waals surface area contributed by atoms with Gasteiger partial charge in [0.05, 0.1) is 6.61 Å². The van der Waals surface area contributed by atoms with Crippen molar-refractivity contribution in [1.29, 1.82) is 0 Å². The molecule has 2 rings (SSSR count). The minimum Gasteiger partial charge on any atom is -0.487 e. The molecule has 2 aromatic rings. The van der Waals surface area contributed by atoms with E-state index < -0.39 is 57.9 Å². The van der Waals surface area contributed by atoms with Gasteiger partial charge in [-0.3, -0.25) is 14.4 Å². The van der Waals surface area contributed by atoms with Crippen LogP contribution in [0.4, 0.5) is 13.6 Å². The van der Waals surface area contributed by atoms with Gasteiger partial charge in [-0.2, -0.15) is 0 Å². The first-order valence-corrected chi connectivity index (χ1v) is 12.3. The number of amides is 3. The van der Waals surface area contributed by atoms with E-state index in [9.17, 15) is 28.0 Å². The lowest BCUT2D eigenvalue weighted by atomic mass is 10.1. The number of ether oxygens (including phenoxy) is 2. The Labute approximate surface area is 225 Å². The lowest BCUT2D eigenvalue weighted by Crippen LogP contribution is -2.41. The highest BCUT2D eigenvalue weighted by Crippen LogP contribution is 2.17. The summed E-state index contributed by atoms with van der Waals surface area (Å²) in [6, 6.07) is 2.33. The Balaban J connectivity index is 2.60. The molecule has 0 aliphatic rings. The molecular weight excluding hydrogens is 514 g/mol. The fourth-order valence-electron chi connectivity index (χ4n) is 3.18. The van der Waals surface area contributed by atoms with Gasteiger partial charge < -0.3 is 20.1 Å². The van der Waals surface area contributed by atoms with Gasteiger partial charge >= 0.3 is 6.09 Å². The number of hydrogen-bond acceptors (Lipinski definition) is 6. The molecular formula is C27H34F2N4O6. The average molecular weight is 549 g/mol. The zero-order valence-electron chi connectivity index (χ0n) is 22.7. The number of nitrogens with one attached hydrogen (secondary N) is 3. The summed E-state index contributed by atoms with van der Waals surface area (Å²) in [5.74, 6) is -3.88. The zero-order valence-corrected chi connectivity index (χ0v) is 22.7. The van der Waals surface area contributed by atoms with Crippen LogP contribution in [0.2, 0.25) is 0 Å². The quantitative estimate of drug-likeness (QED) is 0.288. The minimum atomic E-state index is -0.976. The van der Waals surface area contributed by atoms with Crippen molar-refractivity contribution in [2.24, 2.45) is 0 Å². The van der Waals surface area contributed by atoms with Crippen LogP contribution in [0.3, 0.4) is 0 Å². The predicted octanol–water partition coefficient (Wildman–Crippen LogP) is 4.02. The molecule has 0 spiro atoms. The van der Waals surface area contributed by atoms with Crippen LogP contribution in [-0.2, 0) is 11.3 Å². The van der Waals surface area contributed by atoms with Crippen molar-refractivity contribution in [1.82, 2.24) is 15.3 Å². The third-order valence-corrected chi connectivity index (χ3v) is 5.15. The van der Waals surface area contributed by atoms with Gasteiger partial charge in [-0.05, 0) is 40.2 Å². The van der Waals surface area contributed by atoms with Crippen LogP contribution in [0.25, 0.3) is 0 Å². The van der Waals surface area contributed by atoms with Crippen LogP contribution in [0.5, 0.6) is 5.75 Å². The molecule has 3 amide bonds. The van der Waals surface area contributed by atoms with Crippen LogP contribution in [-0.4, -0.2) is 40.8 Å². The summed E-state index contributed by atoms with van der Waals surface area (Å²) < 4.78 is 39.1. The number of nitrogens with zero attached hydrogens (tertiary/aromatic N) is 1. The van der Waals surface area contributed by atoms with Crippen LogP contribution in [0.1, 0.15) is 73.9 Å². The number of aromatic nitrogens is 1.